The van der Waals surface area contributed by atoms with Gasteiger partial charge in [0.1, 0.15) is 5.70 Å². The Bertz CT molecular complexity index is 832. The first-order valence-electron chi connectivity index (χ1n) is 8.34. The molecule has 0 spiro atoms. The number of aliphatic hydroxyl groups is 1. The second kappa shape index (κ2) is 7.68. The largest absolute Gasteiger partial charge is 0.395 e. The zero-order valence-corrected chi connectivity index (χ0v) is 15.6. The summed E-state index contributed by atoms with van der Waals surface area (Å²) < 4.78 is 0. The predicted molar refractivity (Wildman–Crippen MR) is 109 cm³/mol. The van der Waals surface area contributed by atoms with E-state index in [1.807, 2.05) is 79.7 Å². The highest BCUT2D eigenvalue weighted by Gasteiger charge is 2.38. The van der Waals surface area contributed by atoms with Gasteiger partial charge >= 0.3 is 0 Å². The molecule has 0 unspecified atom stereocenters. The van der Waals surface area contributed by atoms with Gasteiger partial charge < -0.3 is 14.9 Å². The first kappa shape index (κ1) is 18.1. The second-order valence-corrected chi connectivity index (χ2v) is 6.51. The third-order valence-electron chi connectivity index (χ3n) is 4.19. The van der Waals surface area contributed by atoms with Crippen molar-refractivity contribution in [1.82, 2.24) is 4.90 Å². The Morgan fingerprint density at radius 2 is 1.73 bits per heavy atom. The zero-order valence-electron chi connectivity index (χ0n) is 14.8. The third-order valence-corrected chi connectivity index (χ3v) is 4.59. The molecule has 3 rings (SSSR count). The number of para-hydroxylation sites is 1. The van der Waals surface area contributed by atoms with Crippen LogP contribution in [0.15, 0.2) is 60.3 Å². The van der Waals surface area contributed by atoms with E-state index in [2.05, 4.69) is 0 Å². The summed E-state index contributed by atoms with van der Waals surface area (Å²) in [7, 11) is 3.96. The number of anilines is 2. The van der Waals surface area contributed by atoms with E-state index in [-0.39, 0.29) is 19.1 Å². The number of thiocarbonyl (C=S) groups is 1. The van der Waals surface area contributed by atoms with Gasteiger partial charge in [-0.3, -0.25) is 9.69 Å². The predicted octanol–water partition coefficient (Wildman–Crippen LogP) is 2.72. The van der Waals surface area contributed by atoms with Gasteiger partial charge in [-0.15, -0.1) is 0 Å². The molecule has 26 heavy (non-hydrogen) atoms. The molecular weight excluding hydrogens is 346 g/mol. The fraction of sp³-hybridized carbons (Fsp3) is 0.200. The number of β-amino-alcohol motifs (C(OH)–C–C–N with tert-alkyl or cyclic N) is 1. The number of hydrogen-bond acceptors (Lipinski definition) is 4. The van der Waals surface area contributed by atoms with Gasteiger partial charge in [-0.25, -0.2) is 0 Å². The van der Waals surface area contributed by atoms with E-state index in [1.54, 1.807) is 4.90 Å². The van der Waals surface area contributed by atoms with Gasteiger partial charge in [0.2, 0.25) is 0 Å². The zero-order chi connectivity index (χ0) is 18.7. The third kappa shape index (κ3) is 3.47. The van der Waals surface area contributed by atoms with Crippen molar-refractivity contribution < 1.29 is 9.90 Å². The van der Waals surface area contributed by atoms with E-state index in [9.17, 15) is 9.90 Å². The summed E-state index contributed by atoms with van der Waals surface area (Å²) in [5, 5.41) is 9.79. The van der Waals surface area contributed by atoms with Crippen molar-refractivity contribution in [1.29, 1.82) is 0 Å². The molecule has 1 amide bonds. The molecule has 1 N–H and O–H groups in total. The van der Waals surface area contributed by atoms with E-state index >= 15 is 0 Å². The van der Waals surface area contributed by atoms with Crippen molar-refractivity contribution >= 4 is 40.7 Å². The topological polar surface area (TPSA) is 47.0 Å². The maximum atomic E-state index is 13.0. The van der Waals surface area contributed by atoms with Crippen molar-refractivity contribution in [2.75, 3.05) is 37.0 Å². The Labute approximate surface area is 158 Å². The minimum Gasteiger partial charge on any atom is -0.395 e. The van der Waals surface area contributed by atoms with Gasteiger partial charge in [-0.05, 0) is 48.1 Å². The SMILES string of the molecule is CN(C)c1ccc(/C=C2\C(=O)N(c3ccccc3)C(=S)N2CCO)cc1. The van der Waals surface area contributed by atoms with Crippen LogP contribution in [0.1, 0.15) is 5.56 Å². The summed E-state index contributed by atoms with van der Waals surface area (Å²) in [4.78, 5) is 18.2. The fourth-order valence-corrected chi connectivity index (χ4v) is 3.21. The Balaban J connectivity index is 1.98. The van der Waals surface area contributed by atoms with Gasteiger partial charge in [0.05, 0.1) is 12.3 Å². The van der Waals surface area contributed by atoms with Crippen LogP contribution in [-0.4, -0.2) is 48.3 Å². The van der Waals surface area contributed by atoms with Crippen LogP contribution in [0.2, 0.25) is 0 Å². The lowest BCUT2D eigenvalue weighted by Gasteiger charge is -2.19. The molecule has 0 aliphatic carbocycles. The highest BCUT2D eigenvalue weighted by molar-refractivity contribution is 7.80. The fourth-order valence-electron chi connectivity index (χ4n) is 2.83. The minimum absolute atomic E-state index is 0.0903. The molecule has 0 saturated carbocycles. The second-order valence-electron chi connectivity index (χ2n) is 6.15. The van der Waals surface area contributed by atoms with Crippen LogP contribution in [0.4, 0.5) is 11.4 Å². The quantitative estimate of drug-likeness (QED) is 0.650. The van der Waals surface area contributed by atoms with Gasteiger partial charge in [0.15, 0.2) is 5.11 Å². The molecule has 0 bridgehead atoms. The summed E-state index contributed by atoms with van der Waals surface area (Å²) in [5.74, 6) is -0.189. The Kier molecular flexibility index (Phi) is 5.35. The Morgan fingerprint density at radius 1 is 1.08 bits per heavy atom. The monoisotopic (exact) mass is 367 g/mol. The first-order chi connectivity index (χ1) is 12.5. The lowest BCUT2D eigenvalue weighted by Crippen LogP contribution is -2.33. The van der Waals surface area contributed by atoms with E-state index in [4.69, 9.17) is 12.2 Å². The van der Waals surface area contributed by atoms with E-state index < -0.39 is 0 Å². The highest BCUT2D eigenvalue weighted by Crippen LogP contribution is 2.29. The molecule has 0 atom stereocenters. The van der Waals surface area contributed by atoms with Crippen LogP contribution in [0, 0.1) is 0 Å². The molecule has 1 heterocycles. The van der Waals surface area contributed by atoms with Gasteiger partial charge in [-0.1, -0.05) is 30.3 Å². The summed E-state index contributed by atoms with van der Waals surface area (Å²) in [5.41, 5.74) is 3.17. The molecule has 1 aliphatic rings. The van der Waals surface area contributed by atoms with Crippen LogP contribution in [-0.2, 0) is 4.79 Å². The van der Waals surface area contributed by atoms with Crippen molar-refractivity contribution in [3.05, 3.63) is 65.9 Å². The number of hydrogen-bond donors (Lipinski definition) is 1. The van der Waals surface area contributed by atoms with Crippen molar-refractivity contribution in [3.8, 4) is 0 Å². The number of benzene rings is 2. The number of carbonyl (C=O) groups excluding carboxylic acids is 1. The van der Waals surface area contributed by atoms with E-state index in [0.29, 0.717) is 10.8 Å². The van der Waals surface area contributed by atoms with Gasteiger partial charge in [0, 0.05) is 26.3 Å². The standard InChI is InChI=1S/C20H21N3O2S/c1-21(2)16-10-8-15(9-11-16)14-18-19(25)23(17-6-4-3-5-7-17)20(26)22(18)12-13-24/h3-11,14,24H,12-13H2,1-2H3/b18-14+. The summed E-state index contributed by atoms with van der Waals surface area (Å²) in [6.07, 6.45) is 1.81. The molecule has 2 aromatic rings. The Hall–Kier alpha value is -2.70. The molecule has 1 aliphatic heterocycles. The van der Waals surface area contributed by atoms with Gasteiger partial charge in [-0.2, -0.15) is 0 Å². The molecule has 134 valence electrons. The molecular formula is C20H21N3O2S. The first-order valence-corrected chi connectivity index (χ1v) is 8.74. The number of rotatable bonds is 5. The summed E-state index contributed by atoms with van der Waals surface area (Å²) in [6, 6.07) is 17.2. The van der Waals surface area contributed by atoms with Crippen LogP contribution in [0.3, 0.4) is 0 Å². The van der Waals surface area contributed by atoms with Crippen LogP contribution in [0.5, 0.6) is 0 Å². The average molecular weight is 367 g/mol. The lowest BCUT2D eigenvalue weighted by molar-refractivity contribution is -0.114. The normalized spacial score (nSPS) is 15.9. The van der Waals surface area contributed by atoms with Gasteiger partial charge in [0.25, 0.3) is 5.91 Å². The van der Waals surface area contributed by atoms with E-state index in [1.165, 1.54) is 4.90 Å². The highest BCUT2D eigenvalue weighted by atomic mass is 32.1. The maximum Gasteiger partial charge on any atom is 0.281 e. The van der Waals surface area contributed by atoms with Crippen LogP contribution < -0.4 is 9.80 Å². The maximum absolute atomic E-state index is 13.0. The molecule has 1 saturated heterocycles. The smallest absolute Gasteiger partial charge is 0.281 e. The average Bonchev–Trinajstić information content (AvgIpc) is 2.87. The molecule has 2 aromatic carbocycles. The van der Waals surface area contributed by atoms with Crippen molar-refractivity contribution in [3.63, 3.8) is 0 Å². The molecule has 5 nitrogen and oxygen atoms in total. The van der Waals surface area contributed by atoms with Crippen molar-refractivity contribution in [2.24, 2.45) is 0 Å². The molecule has 0 radical (unpaired) electrons. The number of amides is 1. The lowest BCUT2D eigenvalue weighted by atomic mass is 10.1. The Morgan fingerprint density at radius 3 is 2.31 bits per heavy atom. The van der Waals surface area contributed by atoms with Crippen LogP contribution in [0.25, 0.3) is 6.08 Å². The minimum atomic E-state index is -0.189. The van der Waals surface area contributed by atoms with Crippen LogP contribution >= 0.6 is 12.2 Å². The summed E-state index contributed by atoms with van der Waals surface area (Å²) in [6.45, 7) is 0.183. The molecule has 0 aromatic heterocycles. The molecule has 1 fully saturated rings. The number of aliphatic hydroxyl groups excluding tert-OH is 1. The van der Waals surface area contributed by atoms with Crippen molar-refractivity contribution in [2.45, 2.75) is 0 Å². The molecule has 6 heteroatoms. The number of nitrogens with zero attached hydrogens (tertiary/aromatic N) is 3. The number of carbonyl (C=O) groups is 1. The summed E-state index contributed by atoms with van der Waals surface area (Å²) >= 11 is 5.51. The van der Waals surface area contributed by atoms with E-state index in [0.717, 1.165) is 16.9 Å².